The highest BCUT2D eigenvalue weighted by Gasteiger charge is 2.15. The average molecular weight is 365 g/mol. The van der Waals surface area contributed by atoms with Crippen molar-refractivity contribution in [3.63, 3.8) is 0 Å². The molecular formula is C21H23N3O3. The third-order valence-corrected chi connectivity index (χ3v) is 4.03. The maximum atomic E-state index is 11.9. The first-order valence-electron chi connectivity index (χ1n) is 8.80. The van der Waals surface area contributed by atoms with Gasteiger partial charge in [0.2, 0.25) is 11.7 Å². The Morgan fingerprint density at radius 1 is 1.07 bits per heavy atom. The maximum absolute atomic E-state index is 11.9. The van der Waals surface area contributed by atoms with E-state index in [9.17, 15) is 4.79 Å². The minimum Gasteiger partial charge on any atom is -0.484 e. The number of aromatic nitrogens is 2. The van der Waals surface area contributed by atoms with Gasteiger partial charge < -0.3 is 14.6 Å². The summed E-state index contributed by atoms with van der Waals surface area (Å²) in [4.78, 5) is 16.2. The maximum Gasteiger partial charge on any atom is 0.258 e. The summed E-state index contributed by atoms with van der Waals surface area (Å²) in [7, 11) is 0. The zero-order valence-electron chi connectivity index (χ0n) is 15.7. The van der Waals surface area contributed by atoms with E-state index in [1.807, 2.05) is 30.3 Å². The van der Waals surface area contributed by atoms with Gasteiger partial charge in [-0.15, -0.1) is 0 Å². The van der Waals surface area contributed by atoms with Gasteiger partial charge in [-0.2, -0.15) is 4.98 Å². The zero-order chi connectivity index (χ0) is 19.3. The van der Waals surface area contributed by atoms with Crippen LogP contribution < -0.4 is 10.1 Å². The van der Waals surface area contributed by atoms with Gasteiger partial charge in [0, 0.05) is 5.56 Å². The Morgan fingerprint density at radius 2 is 1.78 bits per heavy atom. The summed E-state index contributed by atoms with van der Waals surface area (Å²) in [5.74, 6) is 1.23. The van der Waals surface area contributed by atoms with Crippen molar-refractivity contribution in [2.45, 2.75) is 32.7 Å². The van der Waals surface area contributed by atoms with Crippen molar-refractivity contribution in [2.75, 3.05) is 6.61 Å². The molecule has 1 N–H and O–H groups in total. The molecule has 0 saturated carbocycles. The van der Waals surface area contributed by atoms with E-state index in [2.05, 4.69) is 48.4 Å². The van der Waals surface area contributed by atoms with Crippen LogP contribution in [0, 0.1) is 0 Å². The first-order chi connectivity index (χ1) is 12.9. The van der Waals surface area contributed by atoms with Gasteiger partial charge in [0.05, 0.1) is 6.54 Å². The lowest BCUT2D eigenvalue weighted by Gasteiger charge is -2.18. The second-order valence-electron chi connectivity index (χ2n) is 7.22. The second-order valence-corrected chi connectivity index (χ2v) is 7.22. The van der Waals surface area contributed by atoms with Gasteiger partial charge in [-0.25, -0.2) is 0 Å². The molecule has 6 nitrogen and oxygen atoms in total. The first kappa shape index (κ1) is 18.6. The third-order valence-electron chi connectivity index (χ3n) is 4.03. The van der Waals surface area contributed by atoms with Crippen molar-refractivity contribution in [3.05, 3.63) is 66.1 Å². The molecule has 0 atom stereocenters. The molecule has 6 heteroatoms. The highest BCUT2D eigenvalue weighted by molar-refractivity contribution is 5.77. The predicted octanol–water partition coefficient (Wildman–Crippen LogP) is 3.73. The molecule has 1 heterocycles. The molecule has 0 radical (unpaired) electrons. The normalized spacial score (nSPS) is 11.2. The SMILES string of the molecule is CC(C)(C)c1ccc(-c2noc(CNC(=O)COc3ccccc3)n2)cc1. The number of hydrogen-bond acceptors (Lipinski definition) is 5. The number of carbonyl (C=O) groups excluding carboxylic acids is 1. The van der Waals surface area contributed by atoms with Crippen LogP contribution in [-0.2, 0) is 16.8 Å². The molecule has 3 aromatic rings. The van der Waals surface area contributed by atoms with Crippen molar-refractivity contribution in [1.29, 1.82) is 0 Å². The first-order valence-corrected chi connectivity index (χ1v) is 8.80. The topological polar surface area (TPSA) is 77.2 Å². The molecule has 0 fully saturated rings. The van der Waals surface area contributed by atoms with Crippen LogP contribution in [0.3, 0.4) is 0 Å². The Balaban J connectivity index is 1.52. The Hall–Kier alpha value is -3.15. The highest BCUT2D eigenvalue weighted by atomic mass is 16.5. The van der Waals surface area contributed by atoms with E-state index in [0.717, 1.165) is 5.56 Å². The molecule has 0 aliphatic rings. The molecule has 1 aromatic heterocycles. The second kappa shape index (κ2) is 8.03. The lowest BCUT2D eigenvalue weighted by molar-refractivity contribution is -0.123. The van der Waals surface area contributed by atoms with Crippen LogP contribution in [0.4, 0.5) is 0 Å². The summed E-state index contributed by atoms with van der Waals surface area (Å²) < 4.78 is 10.6. The van der Waals surface area contributed by atoms with Crippen molar-refractivity contribution < 1.29 is 14.1 Å². The lowest BCUT2D eigenvalue weighted by atomic mass is 9.87. The van der Waals surface area contributed by atoms with Crippen LogP contribution in [0.2, 0.25) is 0 Å². The molecule has 1 amide bonds. The van der Waals surface area contributed by atoms with E-state index < -0.39 is 0 Å². The number of hydrogen-bond donors (Lipinski definition) is 1. The zero-order valence-corrected chi connectivity index (χ0v) is 15.7. The third kappa shape index (κ3) is 5.17. The number of para-hydroxylation sites is 1. The molecular weight excluding hydrogens is 342 g/mol. The lowest BCUT2D eigenvalue weighted by Crippen LogP contribution is -2.28. The van der Waals surface area contributed by atoms with Crippen LogP contribution in [0.25, 0.3) is 11.4 Å². The van der Waals surface area contributed by atoms with Gasteiger partial charge >= 0.3 is 0 Å². The summed E-state index contributed by atoms with van der Waals surface area (Å²) in [6.45, 7) is 6.58. The van der Waals surface area contributed by atoms with Crippen molar-refractivity contribution >= 4 is 5.91 Å². The smallest absolute Gasteiger partial charge is 0.258 e. The van der Waals surface area contributed by atoms with Crippen LogP contribution in [0.5, 0.6) is 5.75 Å². The van der Waals surface area contributed by atoms with Gasteiger partial charge in [-0.1, -0.05) is 68.4 Å². The molecule has 0 aliphatic carbocycles. The van der Waals surface area contributed by atoms with Gasteiger partial charge in [0.1, 0.15) is 5.75 Å². The Bertz CT molecular complexity index is 881. The number of rotatable bonds is 6. The largest absolute Gasteiger partial charge is 0.484 e. The number of nitrogens with zero attached hydrogens (tertiary/aromatic N) is 2. The van der Waals surface area contributed by atoms with E-state index in [-0.39, 0.29) is 24.5 Å². The minimum atomic E-state index is -0.256. The Labute approximate surface area is 158 Å². The van der Waals surface area contributed by atoms with E-state index in [4.69, 9.17) is 9.26 Å². The van der Waals surface area contributed by atoms with Crippen molar-refractivity contribution in [1.82, 2.24) is 15.5 Å². The molecule has 0 saturated heterocycles. The number of amides is 1. The Morgan fingerprint density at radius 3 is 2.44 bits per heavy atom. The van der Waals surface area contributed by atoms with Crippen LogP contribution in [-0.4, -0.2) is 22.7 Å². The van der Waals surface area contributed by atoms with Crippen molar-refractivity contribution in [3.8, 4) is 17.1 Å². The molecule has 140 valence electrons. The molecule has 0 bridgehead atoms. The van der Waals surface area contributed by atoms with E-state index in [1.165, 1.54) is 5.56 Å². The minimum absolute atomic E-state index is 0.0702. The molecule has 27 heavy (non-hydrogen) atoms. The van der Waals surface area contributed by atoms with Gasteiger partial charge in [-0.3, -0.25) is 4.79 Å². The van der Waals surface area contributed by atoms with Gasteiger partial charge in [0.25, 0.3) is 5.91 Å². The summed E-state index contributed by atoms with van der Waals surface area (Å²) in [6, 6.07) is 17.2. The average Bonchev–Trinajstić information content (AvgIpc) is 3.14. The van der Waals surface area contributed by atoms with Crippen LogP contribution in [0.15, 0.2) is 59.1 Å². The number of carbonyl (C=O) groups is 1. The predicted molar refractivity (Wildman–Crippen MR) is 102 cm³/mol. The van der Waals surface area contributed by atoms with Gasteiger partial charge in [-0.05, 0) is 23.1 Å². The summed E-state index contributed by atoms with van der Waals surface area (Å²) in [5.41, 5.74) is 2.20. The van der Waals surface area contributed by atoms with E-state index >= 15 is 0 Å². The Kier molecular flexibility index (Phi) is 5.54. The molecule has 0 unspecified atom stereocenters. The number of benzene rings is 2. The number of nitrogens with one attached hydrogen (secondary N) is 1. The summed E-state index contributed by atoms with van der Waals surface area (Å²) in [6.07, 6.45) is 0. The molecule has 0 spiro atoms. The molecule has 3 rings (SSSR count). The van der Waals surface area contributed by atoms with Crippen LogP contribution in [0.1, 0.15) is 32.2 Å². The van der Waals surface area contributed by atoms with Crippen LogP contribution >= 0.6 is 0 Å². The standard InChI is InChI=1S/C21H23N3O3/c1-21(2,3)16-11-9-15(10-12-16)20-23-19(27-24-20)13-22-18(25)14-26-17-7-5-4-6-8-17/h4-12H,13-14H2,1-3H3,(H,22,25). The highest BCUT2D eigenvalue weighted by Crippen LogP contribution is 2.24. The van der Waals surface area contributed by atoms with E-state index in [0.29, 0.717) is 17.5 Å². The quantitative estimate of drug-likeness (QED) is 0.720. The fourth-order valence-corrected chi connectivity index (χ4v) is 2.45. The van der Waals surface area contributed by atoms with E-state index in [1.54, 1.807) is 12.1 Å². The fourth-order valence-electron chi connectivity index (χ4n) is 2.45. The molecule has 0 aliphatic heterocycles. The number of ether oxygens (including phenoxy) is 1. The molecule has 2 aromatic carbocycles. The summed E-state index contributed by atoms with van der Waals surface area (Å²) >= 11 is 0. The summed E-state index contributed by atoms with van der Waals surface area (Å²) in [5, 5.41) is 6.68. The van der Waals surface area contributed by atoms with Crippen molar-refractivity contribution in [2.24, 2.45) is 0 Å². The fraction of sp³-hybridized carbons (Fsp3) is 0.286. The van der Waals surface area contributed by atoms with Gasteiger partial charge in [0.15, 0.2) is 6.61 Å². The monoisotopic (exact) mass is 365 g/mol.